The molecule has 1 fully saturated rings. The minimum Gasteiger partial charge on any atom is -0.508 e. The molecule has 0 spiro atoms. The van der Waals surface area contributed by atoms with Crippen LogP contribution in [-0.2, 0) is 10.2 Å². The Balaban J connectivity index is 1.56. The molecule has 0 unspecified atom stereocenters. The van der Waals surface area contributed by atoms with Gasteiger partial charge in [0, 0.05) is 5.41 Å². The number of nitrogens with one attached hydrogen (secondary N) is 1. The van der Waals surface area contributed by atoms with E-state index in [1.807, 2.05) is 43.3 Å². The second-order valence-corrected chi connectivity index (χ2v) is 7.18. The van der Waals surface area contributed by atoms with Crippen LogP contribution in [0.3, 0.4) is 0 Å². The molecule has 0 heterocycles. The third kappa shape index (κ3) is 3.29. The van der Waals surface area contributed by atoms with Crippen LogP contribution in [-0.4, -0.2) is 16.7 Å². The minimum absolute atomic E-state index is 0.0779. The van der Waals surface area contributed by atoms with Gasteiger partial charge in [0.05, 0.1) is 11.6 Å². The summed E-state index contributed by atoms with van der Waals surface area (Å²) >= 11 is 0. The van der Waals surface area contributed by atoms with E-state index in [1.54, 1.807) is 24.3 Å². The predicted molar refractivity (Wildman–Crippen MR) is 110 cm³/mol. The van der Waals surface area contributed by atoms with E-state index < -0.39 is 0 Å². The lowest BCUT2D eigenvalue weighted by Crippen LogP contribution is -2.26. The first-order valence-corrected chi connectivity index (χ1v) is 9.36. The molecule has 4 nitrogen and oxygen atoms in total. The van der Waals surface area contributed by atoms with E-state index in [4.69, 9.17) is 0 Å². The second kappa shape index (κ2) is 7.31. The number of hydrazone groups is 1. The molecule has 1 aliphatic rings. The second-order valence-electron chi connectivity index (χ2n) is 7.18. The quantitative estimate of drug-likeness (QED) is 0.521. The standard InChI is InChI=1S/C24H22N2O2/c1-17(18-12-14-21(27)15-13-18)25-26-23(28)22-16-24(22,19-8-4-2-5-9-19)20-10-6-3-7-11-20/h2-15,22,27H,16H2,1H3,(H,26,28)/b25-17-/t22-/m0/s1. The monoisotopic (exact) mass is 370 g/mol. The molecule has 4 rings (SSSR count). The molecular weight excluding hydrogens is 348 g/mol. The number of aromatic hydroxyl groups is 1. The summed E-state index contributed by atoms with van der Waals surface area (Å²) in [5.41, 5.74) is 6.29. The molecule has 0 saturated heterocycles. The topological polar surface area (TPSA) is 61.7 Å². The Morgan fingerprint density at radius 2 is 1.46 bits per heavy atom. The van der Waals surface area contributed by atoms with Gasteiger partial charge in [0.15, 0.2) is 0 Å². The fourth-order valence-corrected chi connectivity index (χ4v) is 3.84. The van der Waals surface area contributed by atoms with Crippen LogP contribution in [0.5, 0.6) is 5.75 Å². The van der Waals surface area contributed by atoms with Gasteiger partial charge < -0.3 is 5.11 Å². The van der Waals surface area contributed by atoms with Gasteiger partial charge in [-0.25, -0.2) is 5.43 Å². The Morgan fingerprint density at radius 1 is 0.929 bits per heavy atom. The summed E-state index contributed by atoms with van der Waals surface area (Å²) < 4.78 is 0. The van der Waals surface area contributed by atoms with Crippen LogP contribution in [0.1, 0.15) is 30.0 Å². The number of carbonyl (C=O) groups excluding carboxylic acids is 1. The van der Waals surface area contributed by atoms with Crippen molar-refractivity contribution in [1.29, 1.82) is 0 Å². The van der Waals surface area contributed by atoms with Gasteiger partial charge >= 0.3 is 0 Å². The average molecular weight is 370 g/mol. The fraction of sp³-hybridized carbons (Fsp3) is 0.167. The largest absolute Gasteiger partial charge is 0.508 e. The summed E-state index contributed by atoms with van der Waals surface area (Å²) in [5, 5.41) is 13.7. The highest BCUT2D eigenvalue weighted by Crippen LogP contribution is 2.58. The zero-order chi connectivity index (χ0) is 19.6. The number of rotatable bonds is 5. The van der Waals surface area contributed by atoms with Crippen LogP contribution in [0.2, 0.25) is 0 Å². The normalized spacial score (nSPS) is 17.8. The Bertz CT molecular complexity index is 956. The Hall–Kier alpha value is -3.40. The van der Waals surface area contributed by atoms with Crippen LogP contribution >= 0.6 is 0 Å². The van der Waals surface area contributed by atoms with Crippen molar-refractivity contribution < 1.29 is 9.90 Å². The highest BCUT2D eigenvalue weighted by atomic mass is 16.3. The van der Waals surface area contributed by atoms with Gasteiger partial charge in [0.1, 0.15) is 5.75 Å². The maximum atomic E-state index is 12.9. The van der Waals surface area contributed by atoms with Crippen LogP contribution in [0.25, 0.3) is 0 Å². The van der Waals surface area contributed by atoms with Crippen LogP contribution in [0.15, 0.2) is 90.0 Å². The minimum atomic E-state index is -0.297. The number of nitrogens with zero attached hydrogens (tertiary/aromatic N) is 1. The number of hydrogen-bond acceptors (Lipinski definition) is 3. The molecule has 1 atom stereocenters. The van der Waals surface area contributed by atoms with E-state index in [0.29, 0.717) is 5.71 Å². The van der Waals surface area contributed by atoms with Crippen molar-refractivity contribution in [3.05, 3.63) is 102 Å². The Morgan fingerprint density at radius 3 is 2.00 bits per heavy atom. The molecule has 2 N–H and O–H groups in total. The molecule has 1 aliphatic carbocycles. The smallest absolute Gasteiger partial charge is 0.244 e. The maximum absolute atomic E-state index is 12.9. The van der Waals surface area contributed by atoms with E-state index in [9.17, 15) is 9.90 Å². The van der Waals surface area contributed by atoms with Gasteiger partial charge in [-0.2, -0.15) is 5.10 Å². The summed E-state index contributed by atoms with van der Waals surface area (Å²) in [4.78, 5) is 12.9. The highest BCUT2D eigenvalue weighted by Gasteiger charge is 2.60. The number of phenolic OH excluding ortho intramolecular Hbond substituents is 1. The lowest BCUT2D eigenvalue weighted by molar-refractivity contribution is -0.122. The number of phenols is 1. The first-order valence-electron chi connectivity index (χ1n) is 9.36. The van der Waals surface area contributed by atoms with Gasteiger partial charge in [0.25, 0.3) is 0 Å². The van der Waals surface area contributed by atoms with Crippen molar-refractivity contribution in [3.8, 4) is 5.75 Å². The van der Waals surface area contributed by atoms with E-state index in [-0.39, 0.29) is 23.0 Å². The fourth-order valence-electron chi connectivity index (χ4n) is 3.84. The van der Waals surface area contributed by atoms with E-state index >= 15 is 0 Å². The first-order chi connectivity index (χ1) is 13.6. The molecule has 3 aromatic rings. The Labute approximate surface area is 164 Å². The van der Waals surface area contributed by atoms with Crippen molar-refractivity contribution >= 4 is 11.6 Å². The summed E-state index contributed by atoms with van der Waals surface area (Å²) in [5.74, 6) is -0.0337. The molecular formula is C24H22N2O2. The molecule has 4 heteroatoms. The van der Waals surface area contributed by atoms with Gasteiger partial charge in [-0.1, -0.05) is 60.7 Å². The summed E-state index contributed by atoms with van der Waals surface area (Å²) in [6, 6.07) is 27.1. The van der Waals surface area contributed by atoms with Gasteiger partial charge in [-0.15, -0.1) is 0 Å². The number of hydrogen-bond donors (Lipinski definition) is 2. The summed E-state index contributed by atoms with van der Waals surface area (Å²) in [6.45, 7) is 1.83. The molecule has 3 aromatic carbocycles. The van der Waals surface area contributed by atoms with E-state index in [0.717, 1.165) is 23.1 Å². The highest BCUT2D eigenvalue weighted by molar-refractivity contribution is 5.99. The molecule has 0 bridgehead atoms. The Kier molecular flexibility index (Phi) is 4.70. The molecule has 0 aromatic heterocycles. The van der Waals surface area contributed by atoms with Crippen molar-refractivity contribution in [3.63, 3.8) is 0 Å². The third-order valence-corrected chi connectivity index (χ3v) is 5.47. The molecule has 140 valence electrons. The predicted octanol–water partition coefficient (Wildman–Crippen LogP) is 4.24. The number of benzene rings is 3. The molecule has 1 saturated carbocycles. The first kappa shape index (κ1) is 18.0. The van der Waals surface area contributed by atoms with Gasteiger partial charge in [-0.3, -0.25) is 4.79 Å². The van der Waals surface area contributed by atoms with Crippen molar-refractivity contribution in [2.24, 2.45) is 11.0 Å². The average Bonchev–Trinajstić information content (AvgIpc) is 3.51. The van der Waals surface area contributed by atoms with Gasteiger partial charge in [0.2, 0.25) is 5.91 Å². The summed E-state index contributed by atoms with van der Waals surface area (Å²) in [6.07, 6.45) is 0.765. The van der Waals surface area contributed by atoms with Crippen molar-refractivity contribution in [2.75, 3.05) is 0 Å². The molecule has 0 aliphatic heterocycles. The van der Waals surface area contributed by atoms with Crippen LogP contribution in [0, 0.1) is 5.92 Å². The van der Waals surface area contributed by atoms with Gasteiger partial charge in [-0.05, 0) is 54.3 Å². The van der Waals surface area contributed by atoms with Crippen molar-refractivity contribution in [2.45, 2.75) is 18.8 Å². The maximum Gasteiger partial charge on any atom is 0.244 e. The van der Waals surface area contributed by atoms with Crippen LogP contribution < -0.4 is 5.43 Å². The molecule has 0 radical (unpaired) electrons. The lowest BCUT2D eigenvalue weighted by Gasteiger charge is -2.18. The zero-order valence-electron chi connectivity index (χ0n) is 15.7. The van der Waals surface area contributed by atoms with E-state index in [2.05, 4.69) is 34.8 Å². The third-order valence-electron chi connectivity index (χ3n) is 5.47. The zero-order valence-corrected chi connectivity index (χ0v) is 15.7. The summed E-state index contributed by atoms with van der Waals surface area (Å²) in [7, 11) is 0. The molecule has 28 heavy (non-hydrogen) atoms. The van der Waals surface area contributed by atoms with Crippen molar-refractivity contribution in [1.82, 2.24) is 5.43 Å². The SMILES string of the molecule is C/C(=N/NC(=O)[C@@H]1CC1(c1ccccc1)c1ccccc1)c1ccc(O)cc1. The molecule has 1 amide bonds. The number of amides is 1. The number of carbonyl (C=O) groups is 1. The lowest BCUT2D eigenvalue weighted by atomic mass is 9.85. The van der Waals surface area contributed by atoms with E-state index in [1.165, 1.54) is 0 Å². The van der Waals surface area contributed by atoms with Crippen LogP contribution in [0.4, 0.5) is 0 Å².